The molecule has 0 bridgehead atoms. The zero-order chi connectivity index (χ0) is 15.4. The minimum Gasteiger partial charge on any atom is -0.345 e. The third kappa shape index (κ3) is 2.91. The Bertz CT molecular complexity index is 806. The first kappa shape index (κ1) is 14.1. The molecule has 110 valence electrons. The van der Waals surface area contributed by atoms with Crippen molar-refractivity contribution in [2.24, 2.45) is 0 Å². The number of rotatable bonds is 5. The van der Waals surface area contributed by atoms with Crippen LogP contribution < -0.4 is 5.32 Å². The number of amides is 1. The van der Waals surface area contributed by atoms with Crippen molar-refractivity contribution >= 4 is 16.9 Å². The average molecular weight is 291 g/mol. The van der Waals surface area contributed by atoms with Crippen LogP contribution in [0.25, 0.3) is 11.0 Å². The van der Waals surface area contributed by atoms with Crippen molar-refractivity contribution in [3.05, 3.63) is 78.6 Å². The van der Waals surface area contributed by atoms with E-state index in [1.54, 1.807) is 0 Å². The summed E-state index contributed by atoms with van der Waals surface area (Å²) in [5.41, 5.74) is 3.19. The van der Waals surface area contributed by atoms with E-state index in [0.29, 0.717) is 6.54 Å². The summed E-state index contributed by atoms with van der Waals surface area (Å²) in [4.78, 5) is 16.0. The van der Waals surface area contributed by atoms with Gasteiger partial charge in [-0.05, 0) is 23.8 Å². The summed E-state index contributed by atoms with van der Waals surface area (Å²) in [6.07, 6.45) is 1.27. The molecule has 0 aliphatic rings. The van der Waals surface area contributed by atoms with Crippen LogP contribution in [0.15, 0.2) is 67.3 Å². The fourth-order valence-corrected chi connectivity index (χ4v) is 2.44. The van der Waals surface area contributed by atoms with Crippen molar-refractivity contribution < 1.29 is 4.79 Å². The molecule has 3 aromatic rings. The first-order chi connectivity index (χ1) is 10.8. The Hall–Kier alpha value is -2.88. The molecule has 3 rings (SSSR count). The van der Waals surface area contributed by atoms with E-state index in [4.69, 9.17) is 0 Å². The summed E-state index contributed by atoms with van der Waals surface area (Å²) in [5, 5.41) is 2.80. The van der Waals surface area contributed by atoms with Gasteiger partial charge in [-0.3, -0.25) is 4.79 Å². The van der Waals surface area contributed by atoms with Crippen LogP contribution in [0.5, 0.6) is 0 Å². The zero-order valence-electron chi connectivity index (χ0n) is 12.2. The normalized spacial score (nSPS) is 10.5. The van der Waals surface area contributed by atoms with E-state index in [1.165, 1.54) is 11.6 Å². The number of fused-ring (bicyclic) bond motifs is 1. The van der Waals surface area contributed by atoms with E-state index < -0.39 is 0 Å². The van der Waals surface area contributed by atoms with Crippen LogP contribution in [0.1, 0.15) is 11.4 Å². The van der Waals surface area contributed by atoms with Crippen LogP contribution in [-0.4, -0.2) is 15.5 Å². The maximum absolute atomic E-state index is 11.4. The molecular weight excluding hydrogens is 274 g/mol. The van der Waals surface area contributed by atoms with E-state index in [0.717, 1.165) is 23.4 Å². The smallest absolute Gasteiger partial charge is 0.243 e. The van der Waals surface area contributed by atoms with E-state index in [9.17, 15) is 4.79 Å². The third-order valence-corrected chi connectivity index (χ3v) is 3.52. The second-order valence-electron chi connectivity index (χ2n) is 5.01. The highest BCUT2D eigenvalue weighted by atomic mass is 16.1. The molecule has 1 aromatic heterocycles. The maximum atomic E-state index is 11.4. The lowest BCUT2D eigenvalue weighted by molar-refractivity contribution is -0.116. The zero-order valence-corrected chi connectivity index (χ0v) is 12.2. The lowest BCUT2D eigenvalue weighted by Crippen LogP contribution is -2.22. The molecule has 0 spiro atoms. The Morgan fingerprint density at radius 1 is 1.14 bits per heavy atom. The molecule has 1 N–H and O–H groups in total. The Kier molecular flexibility index (Phi) is 4.01. The Labute approximate surface area is 129 Å². The molecule has 0 aliphatic carbocycles. The van der Waals surface area contributed by atoms with Gasteiger partial charge in [0.1, 0.15) is 5.82 Å². The summed E-state index contributed by atoms with van der Waals surface area (Å²) in [5.74, 6) is 0.638. The molecule has 4 heteroatoms. The molecule has 1 heterocycles. The molecule has 4 nitrogen and oxygen atoms in total. The summed E-state index contributed by atoms with van der Waals surface area (Å²) in [7, 11) is 0. The van der Waals surface area contributed by atoms with Crippen molar-refractivity contribution in [1.82, 2.24) is 14.9 Å². The Morgan fingerprint density at radius 2 is 1.86 bits per heavy atom. The number of nitrogens with zero attached hydrogens (tertiary/aromatic N) is 2. The van der Waals surface area contributed by atoms with E-state index >= 15 is 0 Å². The highest BCUT2D eigenvalue weighted by molar-refractivity contribution is 5.86. The number of aromatic nitrogens is 2. The van der Waals surface area contributed by atoms with Gasteiger partial charge >= 0.3 is 0 Å². The molecule has 0 unspecified atom stereocenters. The summed E-state index contributed by atoms with van der Waals surface area (Å²) in [6, 6.07) is 18.2. The quantitative estimate of drug-likeness (QED) is 0.735. The topological polar surface area (TPSA) is 46.9 Å². The first-order valence-electron chi connectivity index (χ1n) is 7.16. The van der Waals surface area contributed by atoms with Crippen LogP contribution in [-0.2, 0) is 17.9 Å². The number of para-hydroxylation sites is 2. The van der Waals surface area contributed by atoms with Crippen molar-refractivity contribution in [1.29, 1.82) is 0 Å². The number of carbonyl (C=O) groups is 1. The molecule has 0 atom stereocenters. The third-order valence-electron chi connectivity index (χ3n) is 3.52. The molecule has 1 amide bonds. The maximum Gasteiger partial charge on any atom is 0.243 e. The highest BCUT2D eigenvalue weighted by Gasteiger charge is 2.11. The second-order valence-corrected chi connectivity index (χ2v) is 5.01. The van der Waals surface area contributed by atoms with Crippen LogP contribution in [0.3, 0.4) is 0 Å². The summed E-state index contributed by atoms with van der Waals surface area (Å²) in [6.45, 7) is 4.57. The van der Waals surface area contributed by atoms with Crippen LogP contribution in [0, 0.1) is 0 Å². The molecular formula is C18H17N3O. The summed E-state index contributed by atoms with van der Waals surface area (Å²) < 4.78 is 2.13. The van der Waals surface area contributed by atoms with Gasteiger partial charge in [0.15, 0.2) is 0 Å². The van der Waals surface area contributed by atoms with E-state index in [1.807, 2.05) is 42.5 Å². The van der Waals surface area contributed by atoms with E-state index in [-0.39, 0.29) is 5.91 Å². The number of nitrogens with one attached hydrogen (secondary N) is 1. The minimum atomic E-state index is -0.196. The van der Waals surface area contributed by atoms with Gasteiger partial charge in [-0.2, -0.15) is 0 Å². The lowest BCUT2D eigenvalue weighted by Gasteiger charge is -2.10. The molecule has 0 aliphatic heterocycles. The number of imidazole rings is 1. The second kappa shape index (κ2) is 6.26. The van der Waals surface area contributed by atoms with Crippen molar-refractivity contribution in [2.45, 2.75) is 13.1 Å². The molecule has 0 saturated carbocycles. The van der Waals surface area contributed by atoms with Crippen molar-refractivity contribution in [3.8, 4) is 0 Å². The van der Waals surface area contributed by atoms with Crippen LogP contribution in [0.4, 0.5) is 0 Å². The van der Waals surface area contributed by atoms with Gasteiger partial charge in [0, 0.05) is 6.54 Å². The Balaban J connectivity index is 1.97. The Morgan fingerprint density at radius 3 is 2.64 bits per heavy atom. The average Bonchev–Trinajstić information content (AvgIpc) is 2.91. The van der Waals surface area contributed by atoms with E-state index in [2.05, 4.69) is 33.6 Å². The minimum absolute atomic E-state index is 0.196. The summed E-state index contributed by atoms with van der Waals surface area (Å²) >= 11 is 0. The molecule has 0 radical (unpaired) electrons. The number of benzene rings is 2. The lowest BCUT2D eigenvalue weighted by atomic mass is 10.2. The molecule has 0 saturated heterocycles. The monoisotopic (exact) mass is 291 g/mol. The largest absolute Gasteiger partial charge is 0.345 e. The number of carbonyl (C=O) groups excluding carboxylic acids is 1. The van der Waals surface area contributed by atoms with Gasteiger partial charge in [-0.1, -0.05) is 49.0 Å². The number of hydrogen-bond donors (Lipinski definition) is 1. The highest BCUT2D eigenvalue weighted by Crippen LogP contribution is 2.18. The predicted molar refractivity (Wildman–Crippen MR) is 87.3 cm³/mol. The molecule has 0 fully saturated rings. The van der Waals surface area contributed by atoms with Gasteiger partial charge in [0.25, 0.3) is 0 Å². The SMILES string of the molecule is C=CC(=O)NCc1nc2ccccc2n1Cc1ccccc1. The van der Waals surface area contributed by atoms with Crippen molar-refractivity contribution in [2.75, 3.05) is 0 Å². The van der Waals surface area contributed by atoms with Crippen molar-refractivity contribution in [3.63, 3.8) is 0 Å². The fourth-order valence-electron chi connectivity index (χ4n) is 2.44. The van der Waals surface area contributed by atoms with Gasteiger partial charge in [-0.25, -0.2) is 4.98 Å². The van der Waals surface area contributed by atoms with Crippen LogP contribution in [0.2, 0.25) is 0 Å². The molecule has 22 heavy (non-hydrogen) atoms. The predicted octanol–water partition coefficient (Wildman–Crippen LogP) is 2.89. The standard InChI is InChI=1S/C18H17N3O/c1-2-18(22)19-12-17-20-15-10-6-7-11-16(15)21(17)13-14-8-4-3-5-9-14/h2-11H,1,12-13H2,(H,19,22). The van der Waals surface area contributed by atoms with Gasteiger partial charge in [0.05, 0.1) is 17.6 Å². The molecule has 2 aromatic carbocycles. The first-order valence-corrected chi connectivity index (χ1v) is 7.16. The van der Waals surface area contributed by atoms with Crippen LogP contribution >= 0.6 is 0 Å². The fraction of sp³-hybridized carbons (Fsp3) is 0.111. The van der Waals surface area contributed by atoms with Gasteiger partial charge < -0.3 is 9.88 Å². The number of hydrogen-bond acceptors (Lipinski definition) is 2. The van der Waals surface area contributed by atoms with Gasteiger partial charge in [0.2, 0.25) is 5.91 Å². The van der Waals surface area contributed by atoms with Gasteiger partial charge in [-0.15, -0.1) is 0 Å².